The minimum absolute atomic E-state index is 0. The van der Waals surface area contributed by atoms with Gasteiger partial charge in [-0.3, -0.25) is 0 Å². The Kier molecular flexibility index (Phi) is 59.1. The molecule has 0 aliphatic rings. The SMILES string of the molecule is CCCCCCCCCCCC[PH](=O)[O-].CCCCCCCCCCCC[PH](=O)[O-].CCCCCCCCCCCC[PH](=O)[O-].[Fe+3]. The van der Waals surface area contributed by atoms with E-state index in [9.17, 15) is 28.4 Å². The van der Waals surface area contributed by atoms with Crippen LogP contribution >= 0.6 is 24.1 Å². The molecule has 0 rings (SSSR count). The summed E-state index contributed by atoms with van der Waals surface area (Å²) in [5.41, 5.74) is 0. The van der Waals surface area contributed by atoms with Gasteiger partial charge in [-0.15, -0.1) is 0 Å². The van der Waals surface area contributed by atoms with Crippen molar-refractivity contribution in [2.24, 2.45) is 0 Å². The third kappa shape index (κ3) is 63.7. The van der Waals surface area contributed by atoms with Gasteiger partial charge in [-0.05, 0) is 37.7 Å². The Morgan fingerprint density at radius 3 is 0.543 bits per heavy atom. The molecule has 0 aliphatic carbocycles. The van der Waals surface area contributed by atoms with Crippen molar-refractivity contribution in [3.63, 3.8) is 0 Å². The van der Waals surface area contributed by atoms with E-state index in [1.165, 1.54) is 154 Å². The van der Waals surface area contributed by atoms with E-state index < -0.39 is 24.1 Å². The van der Waals surface area contributed by atoms with Crippen molar-refractivity contribution in [3.05, 3.63) is 0 Å². The first kappa shape index (κ1) is 53.9. The average molecular weight is 756 g/mol. The van der Waals surface area contributed by atoms with Crippen molar-refractivity contribution in [2.75, 3.05) is 18.5 Å². The van der Waals surface area contributed by atoms with Crippen LogP contribution in [-0.2, 0) is 30.8 Å². The summed E-state index contributed by atoms with van der Waals surface area (Å²) in [4.78, 5) is 30.9. The first-order chi connectivity index (χ1) is 21.8. The molecule has 0 aromatic carbocycles. The molecular weight excluding hydrogens is 677 g/mol. The Morgan fingerprint density at radius 2 is 0.413 bits per heavy atom. The molecule has 0 aromatic heterocycles. The maximum absolute atomic E-state index is 10.3. The summed E-state index contributed by atoms with van der Waals surface area (Å²) in [5, 5.41) is 0. The average Bonchev–Trinajstić information content (AvgIpc) is 3.00. The van der Waals surface area contributed by atoms with Crippen molar-refractivity contribution in [1.29, 1.82) is 0 Å². The van der Waals surface area contributed by atoms with Gasteiger partial charge in [0.1, 0.15) is 0 Å². The zero-order chi connectivity index (χ0) is 34.1. The Hall–Kier alpha value is 1.09. The van der Waals surface area contributed by atoms with E-state index >= 15 is 0 Å². The van der Waals surface area contributed by atoms with Crippen LogP contribution in [0.2, 0.25) is 0 Å². The monoisotopic (exact) mass is 755 g/mol. The number of unbranched alkanes of at least 4 members (excludes halogenated alkanes) is 27. The van der Waals surface area contributed by atoms with E-state index in [4.69, 9.17) is 0 Å². The standard InChI is InChI=1S/3C12H27O2P.Fe/c3*1-2-3-4-5-6-7-8-9-10-11-12-15(13)14;/h3*15H,2-12H2,1H3,(H,13,14);/q;;;+3/p-3. The van der Waals surface area contributed by atoms with Gasteiger partial charge in [0.15, 0.2) is 0 Å². The second-order valence-corrected chi connectivity index (χ2v) is 16.6. The molecule has 0 saturated heterocycles. The molecule has 1 radical (unpaired) electrons. The van der Waals surface area contributed by atoms with Crippen LogP contribution in [0.4, 0.5) is 0 Å². The maximum Gasteiger partial charge on any atom is 3.00 e. The molecule has 0 aliphatic heterocycles. The summed E-state index contributed by atoms with van der Waals surface area (Å²) in [6, 6.07) is 0. The van der Waals surface area contributed by atoms with Crippen molar-refractivity contribution in [1.82, 2.24) is 0 Å². The summed E-state index contributed by atoms with van der Waals surface area (Å²) in [6.07, 6.45) is 39.0. The number of rotatable bonds is 33. The molecular formula is C36H78FeO6P3. The molecule has 0 saturated carbocycles. The van der Waals surface area contributed by atoms with E-state index in [0.29, 0.717) is 18.5 Å². The van der Waals surface area contributed by atoms with E-state index in [2.05, 4.69) is 20.8 Å². The smallest absolute Gasteiger partial charge is 0.802 e. The number of hydrogen-bond acceptors (Lipinski definition) is 6. The third-order valence-corrected chi connectivity index (χ3v) is 10.5. The van der Waals surface area contributed by atoms with Crippen molar-refractivity contribution < 1.29 is 45.4 Å². The summed E-state index contributed by atoms with van der Waals surface area (Å²) in [5.74, 6) is 0. The second kappa shape index (κ2) is 50.5. The molecule has 3 atom stereocenters. The van der Waals surface area contributed by atoms with Gasteiger partial charge in [0, 0.05) is 24.1 Å². The Balaban J connectivity index is -0.000000285. The van der Waals surface area contributed by atoms with E-state index in [-0.39, 0.29) is 17.1 Å². The van der Waals surface area contributed by atoms with Gasteiger partial charge in [-0.2, -0.15) is 0 Å². The van der Waals surface area contributed by atoms with E-state index in [0.717, 1.165) is 38.5 Å². The zero-order valence-electron chi connectivity index (χ0n) is 30.6. The predicted molar refractivity (Wildman–Crippen MR) is 197 cm³/mol. The molecule has 10 heteroatoms. The first-order valence-electron chi connectivity index (χ1n) is 19.4. The van der Waals surface area contributed by atoms with Gasteiger partial charge in [0.05, 0.1) is 0 Å². The first-order valence-corrected chi connectivity index (χ1v) is 24.0. The van der Waals surface area contributed by atoms with Crippen LogP contribution < -0.4 is 14.7 Å². The zero-order valence-corrected chi connectivity index (χ0v) is 34.7. The Bertz CT molecular complexity index is 533. The van der Waals surface area contributed by atoms with Crippen LogP contribution in [0.5, 0.6) is 0 Å². The van der Waals surface area contributed by atoms with Crippen molar-refractivity contribution in [3.8, 4) is 0 Å². The summed E-state index contributed by atoms with van der Waals surface area (Å²) < 4.78 is 30.9. The minimum atomic E-state index is -2.44. The van der Waals surface area contributed by atoms with Crippen LogP contribution in [0.25, 0.3) is 0 Å². The van der Waals surface area contributed by atoms with Gasteiger partial charge in [0.2, 0.25) is 0 Å². The van der Waals surface area contributed by atoms with Crippen LogP contribution in [0.3, 0.4) is 0 Å². The van der Waals surface area contributed by atoms with Gasteiger partial charge < -0.3 is 28.4 Å². The summed E-state index contributed by atoms with van der Waals surface area (Å²) in [6.45, 7) is 6.71. The van der Waals surface area contributed by atoms with Gasteiger partial charge in [-0.25, -0.2) is 0 Å². The van der Waals surface area contributed by atoms with Crippen molar-refractivity contribution in [2.45, 2.75) is 213 Å². The maximum atomic E-state index is 10.3. The predicted octanol–water partition coefficient (Wildman–Crippen LogP) is 11.2. The summed E-state index contributed by atoms with van der Waals surface area (Å²) in [7, 11) is -7.33. The molecule has 0 aromatic rings. The fourth-order valence-corrected chi connectivity index (χ4v) is 6.89. The van der Waals surface area contributed by atoms with E-state index in [1.54, 1.807) is 0 Å². The quantitative estimate of drug-likeness (QED) is 0.0373. The Labute approximate surface area is 300 Å². The van der Waals surface area contributed by atoms with E-state index in [1.807, 2.05) is 0 Å². The van der Waals surface area contributed by atoms with Crippen molar-refractivity contribution >= 4 is 24.1 Å². The third-order valence-electron chi connectivity index (χ3n) is 8.20. The minimum Gasteiger partial charge on any atom is -0.802 e. The molecule has 0 bridgehead atoms. The molecule has 0 spiro atoms. The number of hydrogen-bond donors (Lipinski definition) is 0. The topological polar surface area (TPSA) is 120 Å². The fourth-order valence-electron chi connectivity index (χ4n) is 5.27. The molecule has 3 unspecified atom stereocenters. The second-order valence-electron chi connectivity index (χ2n) is 12.9. The van der Waals surface area contributed by atoms with Crippen LogP contribution in [0.15, 0.2) is 0 Å². The largest absolute Gasteiger partial charge is 3.00 e. The Morgan fingerprint density at radius 1 is 0.283 bits per heavy atom. The van der Waals surface area contributed by atoms with Crippen LogP contribution in [-0.4, -0.2) is 18.5 Å². The normalized spacial score (nSPS) is 12.7. The molecule has 0 fully saturated rings. The molecule has 0 N–H and O–H groups in total. The molecule has 6 nitrogen and oxygen atoms in total. The fraction of sp³-hybridized carbons (Fsp3) is 1.00. The molecule has 281 valence electrons. The van der Waals surface area contributed by atoms with Crippen LogP contribution in [0.1, 0.15) is 213 Å². The molecule has 0 amide bonds. The van der Waals surface area contributed by atoms with Gasteiger partial charge in [-0.1, -0.05) is 194 Å². The molecule has 0 heterocycles. The van der Waals surface area contributed by atoms with Gasteiger partial charge >= 0.3 is 17.1 Å². The summed E-state index contributed by atoms with van der Waals surface area (Å²) >= 11 is 0. The van der Waals surface area contributed by atoms with Crippen LogP contribution in [0, 0.1) is 0 Å². The van der Waals surface area contributed by atoms with Gasteiger partial charge in [0.25, 0.3) is 0 Å². The molecule has 46 heavy (non-hydrogen) atoms.